The predicted octanol–water partition coefficient (Wildman–Crippen LogP) is 1.04. The standard InChI is InChI=1S/C13H18N2O4/c1-7(12(16)15-10-3-4-10)14-6-9-5-11(13(17)18)19-8(9)2/h5,7,10,14H,3-4,6H2,1-2H3,(H,15,16)(H,17,18). The lowest BCUT2D eigenvalue weighted by molar-refractivity contribution is -0.122. The van der Waals surface area contributed by atoms with Gasteiger partial charge < -0.3 is 20.2 Å². The minimum Gasteiger partial charge on any atom is -0.475 e. The highest BCUT2D eigenvalue weighted by Crippen LogP contribution is 2.18. The van der Waals surface area contributed by atoms with Crippen LogP contribution in [0, 0.1) is 6.92 Å². The van der Waals surface area contributed by atoms with Crippen molar-refractivity contribution in [1.82, 2.24) is 10.6 Å². The maximum absolute atomic E-state index is 11.7. The third-order valence-electron chi connectivity index (χ3n) is 3.15. The Labute approximate surface area is 111 Å². The Kier molecular flexibility index (Phi) is 3.90. The molecule has 0 aliphatic heterocycles. The fourth-order valence-corrected chi connectivity index (χ4v) is 1.71. The molecule has 1 saturated carbocycles. The van der Waals surface area contributed by atoms with Gasteiger partial charge in [0.05, 0.1) is 6.04 Å². The van der Waals surface area contributed by atoms with Crippen molar-refractivity contribution >= 4 is 11.9 Å². The molecule has 1 heterocycles. The highest BCUT2D eigenvalue weighted by atomic mass is 16.4. The Balaban J connectivity index is 1.86. The second kappa shape index (κ2) is 5.44. The van der Waals surface area contributed by atoms with Crippen molar-refractivity contribution in [3.63, 3.8) is 0 Å². The largest absolute Gasteiger partial charge is 0.475 e. The van der Waals surface area contributed by atoms with Gasteiger partial charge in [0.1, 0.15) is 5.76 Å². The number of aromatic carboxylic acids is 1. The highest BCUT2D eigenvalue weighted by molar-refractivity contribution is 5.84. The maximum atomic E-state index is 11.7. The van der Waals surface area contributed by atoms with Gasteiger partial charge in [0, 0.05) is 18.2 Å². The number of carbonyl (C=O) groups is 2. The van der Waals surface area contributed by atoms with E-state index in [1.807, 2.05) is 0 Å². The molecule has 6 heteroatoms. The average Bonchev–Trinajstić information content (AvgIpc) is 3.08. The van der Waals surface area contributed by atoms with E-state index < -0.39 is 5.97 Å². The number of hydrogen-bond donors (Lipinski definition) is 3. The quantitative estimate of drug-likeness (QED) is 0.715. The van der Waals surface area contributed by atoms with Crippen molar-refractivity contribution < 1.29 is 19.1 Å². The van der Waals surface area contributed by atoms with Crippen LogP contribution in [0.2, 0.25) is 0 Å². The van der Waals surface area contributed by atoms with Crippen LogP contribution in [0.1, 0.15) is 41.6 Å². The molecule has 1 amide bonds. The van der Waals surface area contributed by atoms with E-state index in [1.165, 1.54) is 6.07 Å². The third-order valence-corrected chi connectivity index (χ3v) is 3.15. The molecule has 1 aromatic heterocycles. The zero-order valence-corrected chi connectivity index (χ0v) is 11.0. The molecule has 0 radical (unpaired) electrons. The van der Waals surface area contributed by atoms with E-state index in [9.17, 15) is 9.59 Å². The zero-order valence-electron chi connectivity index (χ0n) is 11.0. The first-order valence-electron chi connectivity index (χ1n) is 6.33. The van der Waals surface area contributed by atoms with Crippen LogP contribution >= 0.6 is 0 Å². The molecule has 1 fully saturated rings. The first-order valence-corrected chi connectivity index (χ1v) is 6.33. The fraction of sp³-hybridized carbons (Fsp3) is 0.538. The van der Waals surface area contributed by atoms with E-state index >= 15 is 0 Å². The maximum Gasteiger partial charge on any atom is 0.371 e. The highest BCUT2D eigenvalue weighted by Gasteiger charge is 2.25. The number of carbonyl (C=O) groups excluding carboxylic acids is 1. The summed E-state index contributed by atoms with van der Waals surface area (Å²) in [4.78, 5) is 22.5. The molecule has 0 spiro atoms. The van der Waals surface area contributed by atoms with Gasteiger partial charge >= 0.3 is 5.97 Å². The summed E-state index contributed by atoms with van der Waals surface area (Å²) >= 11 is 0. The third kappa shape index (κ3) is 3.57. The summed E-state index contributed by atoms with van der Waals surface area (Å²) in [7, 11) is 0. The summed E-state index contributed by atoms with van der Waals surface area (Å²) in [5.74, 6) is -0.639. The first kappa shape index (κ1) is 13.6. The molecule has 2 rings (SSSR count). The molecule has 1 aliphatic rings. The molecular weight excluding hydrogens is 248 g/mol. The van der Waals surface area contributed by atoms with Crippen molar-refractivity contribution in [3.05, 3.63) is 23.2 Å². The van der Waals surface area contributed by atoms with Crippen molar-refractivity contribution in [3.8, 4) is 0 Å². The van der Waals surface area contributed by atoms with Gasteiger partial charge in [-0.25, -0.2) is 4.79 Å². The normalized spacial score (nSPS) is 16.1. The van der Waals surface area contributed by atoms with Crippen LogP contribution < -0.4 is 10.6 Å². The number of rotatable bonds is 6. The van der Waals surface area contributed by atoms with Crippen LogP contribution in [0.4, 0.5) is 0 Å². The monoisotopic (exact) mass is 266 g/mol. The zero-order chi connectivity index (χ0) is 14.0. The summed E-state index contributed by atoms with van der Waals surface area (Å²) < 4.78 is 5.10. The number of nitrogens with one attached hydrogen (secondary N) is 2. The summed E-state index contributed by atoms with van der Waals surface area (Å²) in [5.41, 5.74) is 0.753. The Bertz CT molecular complexity index is 491. The van der Waals surface area contributed by atoms with Crippen molar-refractivity contribution in [2.24, 2.45) is 0 Å². The van der Waals surface area contributed by atoms with Gasteiger partial charge in [0.15, 0.2) is 0 Å². The van der Waals surface area contributed by atoms with E-state index in [4.69, 9.17) is 9.52 Å². The van der Waals surface area contributed by atoms with Gasteiger partial charge in [-0.1, -0.05) is 0 Å². The van der Waals surface area contributed by atoms with E-state index in [-0.39, 0.29) is 17.7 Å². The molecule has 3 N–H and O–H groups in total. The molecule has 0 saturated heterocycles. The molecular formula is C13H18N2O4. The first-order chi connectivity index (χ1) is 8.97. The molecule has 6 nitrogen and oxygen atoms in total. The number of carboxylic acids is 1. The van der Waals surface area contributed by atoms with Gasteiger partial charge in [-0.05, 0) is 32.8 Å². The van der Waals surface area contributed by atoms with Gasteiger partial charge in [-0.2, -0.15) is 0 Å². The molecule has 0 aromatic carbocycles. The van der Waals surface area contributed by atoms with E-state index in [2.05, 4.69) is 10.6 Å². The second-order valence-corrected chi connectivity index (χ2v) is 4.88. The summed E-state index contributed by atoms with van der Waals surface area (Å²) in [6, 6.07) is 1.50. The lowest BCUT2D eigenvalue weighted by Crippen LogP contribution is -2.42. The Morgan fingerprint density at radius 1 is 1.53 bits per heavy atom. The van der Waals surface area contributed by atoms with Gasteiger partial charge in [-0.3, -0.25) is 4.79 Å². The van der Waals surface area contributed by atoms with Crippen molar-refractivity contribution in [2.75, 3.05) is 0 Å². The van der Waals surface area contributed by atoms with Gasteiger partial charge in [0.25, 0.3) is 0 Å². The summed E-state index contributed by atoms with van der Waals surface area (Å²) in [6.45, 7) is 3.89. The molecule has 1 aliphatic carbocycles. The lowest BCUT2D eigenvalue weighted by Gasteiger charge is -2.13. The summed E-state index contributed by atoms with van der Waals surface area (Å²) in [6.07, 6.45) is 2.11. The Hall–Kier alpha value is -1.82. The van der Waals surface area contributed by atoms with Crippen LogP contribution in [0.25, 0.3) is 0 Å². The number of hydrogen-bond acceptors (Lipinski definition) is 4. The summed E-state index contributed by atoms with van der Waals surface area (Å²) in [5, 5.41) is 14.8. The molecule has 1 unspecified atom stereocenters. The topological polar surface area (TPSA) is 91.6 Å². The number of aryl methyl sites for hydroxylation is 1. The Morgan fingerprint density at radius 3 is 2.74 bits per heavy atom. The molecule has 0 bridgehead atoms. The van der Waals surface area contributed by atoms with E-state index in [1.54, 1.807) is 13.8 Å². The molecule has 1 atom stereocenters. The lowest BCUT2D eigenvalue weighted by atomic mass is 10.2. The minimum absolute atomic E-state index is 0.0258. The second-order valence-electron chi connectivity index (χ2n) is 4.88. The smallest absolute Gasteiger partial charge is 0.371 e. The SMILES string of the molecule is Cc1oc(C(=O)O)cc1CNC(C)C(=O)NC1CC1. The predicted molar refractivity (Wildman–Crippen MR) is 67.9 cm³/mol. The minimum atomic E-state index is -1.09. The van der Waals surface area contributed by atoms with E-state index in [0.29, 0.717) is 18.3 Å². The van der Waals surface area contributed by atoms with Gasteiger partial charge in [0.2, 0.25) is 11.7 Å². The number of furan rings is 1. The molecule has 1 aromatic rings. The van der Waals surface area contributed by atoms with Crippen molar-refractivity contribution in [1.29, 1.82) is 0 Å². The van der Waals surface area contributed by atoms with Crippen LogP contribution in [0.5, 0.6) is 0 Å². The van der Waals surface area contributed by atoms with Crippen LogP contribution in [-0.4, -0.2) is 29.1 Å². The van der Waals surface area contributed by atoms with Crippen LogP contribution in [0.15, 0.2) is 10.5 Å². The van der Waals surface area contributed by atoms with E-state index in [0.717, 1.165) is 18.4 Å². The number of carboxylic acid groups (broad SMARTS) is 1. The van der Waals surface area contributed by atoms with Crippen LogP contribution in [-0.2, 0) is 11.3 Å². The van der Waals surface area contributed by atoms with Crippen LogP contribution in [0.3, 0.4) is 0 Å². The Morgan fingerprint density at radius 2 is 2.21 bits per heavy atom. The fourth-order valence-electron chi connectivity index (χ4n) is 1.71. The molecule has 104 valence electrons. The van der Waals surface area contributed by atoms with Crippen molar-refractivity contribution in [2.45, 2.75) is 45.3 Å². The molecule has 19 heavy (non-hydrogen) atoms. The van der Waals surface area contributed by atoms with Gasteiger partial charge in [-0.15, -0.1) is 0 Å². The average molecular weight is 266 g/mol. The number of amides is 1.